The number of oxazole rings is 1. The number of aromatic amines is 1. The van der Waals surface area contributed by atoms with Crippen LogP contribution in [-0.2, 0) is 20.7 Å². The number of likely N-dealkylation sites (N-methyl/N-ethyl adjacent to an activating group) is 1. The number of H-pyrrole nitrogens is 1. The summed E-state index contributed by atoms with van der Waals surface area (Å²) < 4.78 is 10.7. The molecular formula is C26H38N4O5. The molecule has 9 heteroatoms. The Morgan fingerprint density at radius 1 is 1.20 bits per heavy atom. The minimum atomic E-state index is -0.464. The number of piperidine rings is 1. The summed E-state index contributed by atoms with van der Waals surface area (Å²) >= 11 is 0. The van der Waals surface area contributed by atoms with Gasteiger partial charge in [-0.1, -0.05) is 13.0 Å². The van der Waals surface area contributed by atoms with Crippen molar-refractivity contribution in [3.05, 3.63) is 33.8 Å². The van der Waals surface area contributed by atoms with E-state index in [1.165, 1.54) is 0 Å². The molecule has 1 N–H and O–H groups in total. The van der Waals surface area contributed by atoms with Crippen LogP contribution < -0.4 is 5.76 Å². The highest BCUT2D eigenvalue weighted by atomic mass is 16.5. The second kappa shape index (κ2) is 11.0. The van der Waals surface area contributed by atoms with Crippen LogP contribution in [0, 0.1) is 12.8 Å². The minimum absolute atomic E-state index is 0.109. The summed E-state index contributed by atoms with van der Waals surface area (Å²) in [5.41, 5.74) is 3.16. The number of carbonyl (C=O) groups is 2. The fourth-order valence-electron chi connectivity index (χ4n) is 5.49. The summed E-state index contributed by atoms with van der Waals surface area (Å²) in [5, 5.41) is 0. The van der Waals surface area contributed by atoms with Gasteiger partial charge in [0.25, 0.3) is 0 Å². The molecule has 0 aliphatic carbocycles. The number of aryl methyl sites for hydroxylation is 1. The number of esters is 1. The monoisotopic (exact) mass is 486 g/mol. The lowest BCUT2D eigenvalue weighted by molar-refractivity contribution is -0.151. The molecule has 2 atom stereocenters. The topological polar surface area (TPSA) is 99.1 Å². The van der Waals surface area contributed by atoms with Gasteiger partial charge in [0.1, 0.15) is 12.6 Å². The minimum Gasteiger partial charge on any atom is -0.463 e. The number of likely N-dealkylation sites (tertiary alicyclic amines) is 2. The summed E-state index contributed by atoms with van der Waals surface area (Å²) in [6.45, 7) is 7.36. The summed E-state index contributed by atoms with van der Waals surface area (Å²) in [6, 6.07) is 4.01. The van der Waals surface area contributed by atoms with E-state index in [1.54, 1.807) is 0 Å². The van der Waals surface area contributed by atoms with Crippen molar-refractivity contribution in [3.63, 3.8) is 0 Å². The second-order valence-corrected chi connectivity index (χ2v) is 10.3. The number of carbonyl (C=O) groups excluding carboxylic acids is 2. The number of nitrogens with zero attached hydrogens (tertiary/aromatic N) is 3. The molecule has 2 aromatic rings. The first-order valence-corrected chi connectivity index (χ1v) is 12.7. The van der Waals surface area contributed by atoms with Crippen LogP contribution in [0.4, 0.5) is 0 Å². The molecule has 0 spiro atoms. The maximum atomic E-state index is 13.2. The number of benzene rings is 1. The second-order valence-electron chi connectivity index (χ2n) is 10.3. The molecule has 35 heavy (non-hydrogen) atoms. The Labute approximate surface area is 206 Å². The highest BCUT2D eigenvalue weighted by Gasteiger charge is 2.38. The third kappa shape index (κ3) is 5.95. The van der Waals surface area contributed by atoms with E-state index in [0.717, 1.165) is 49.9 Å². The van der Waals surface area contributed by atoms with E-state index in [1.807, 2.05) is 49.9 Å². The number of ether oxygens (including phenoxy) is 1. The van der Waals surface area contributed by atoms with Gasteiger partial charge < -0.3 is 19.0 Å². The lowest BCUT2D eigenvalue weighted by atomic mass is 9.96. The molecule has 1 aromatic heterocycles. The fraction of sp³-hybridized carbons (Fsp3) is 0.654. The maximum absolute atomic E-state index is 13.2. The fourth-order valence-corrected chi connectivity index (χ4v) is 5.49. The van der Waals surface area contributed by atoms with Crippen LogP contribution in [0.5, 0.6) is 0 Å². The van der Waals surface area contributed by atoms with E-state index in [9.17, 15) is 14.4 Å². The molecule has 0 saturated carbocycles. The number of fused-ring (bicyclic) bond motifs is 1. The molecule has 9 nitrogen and oxygen atoms in total. The van der Waals surface area contributed by atoms with Gasteiger partial charge in [0.15, 0.2) is 5.58 Å². The molecule has 1 aromatic carbocycles. The van der Waals surface area contributed by atoms with E-state index >= 15 is 0 Å². The zero-order chi connectivity index (χ0) is 25.1. The number of aromatic nitrogens is 1. The molecule has 0 radical (unpaired) electrons. The molecule has 4 rings (SSSR count). The maximum Gasteiger partial charge on any atom is 0.417 e. The lowest BCUT2D eigenvalue weighted by Crippen LogP contribution is -2.51. The first-order valence-electron chi connectivity index (χ1n) is 12.7. The standard InChI is InChI=1S/C26H38N4O5/c1-17-14-19(16-22-23(17)27-26(33)35-22)15-18(2)24(31)29-10-7-20(8-11-29)30-9-5-6-21(30)25(32)34-13-12-28(3)4/h14,16,18,20-21H,5-13,15H2,1-4H3,(H,27,33)/t18-,21+/m1/s1. The van der Waals surface area contributed by atoms with Crippen molar-refractivity contribution in [1.82, 2.24) is 19.7 Å². The average molecular weight is 487 g/mol. The molecule has 2 fully saturated rings. The highest BCUT2D eigenvalue weighted by Crippen LogP contribution is 2.28. The third-order valence-electron chi connectivity index (χ3n) is 7.35. The molecule has 1 amide bonds. The van der Waals surface area contributed by atoms with E-state index in [-0.39, 0.29) is 23.8 Å². The van der Waals surface area contributed by atoms with E-state index in [0.29, 0.717) is 43.3 Å². The summed E-state index contributed by atoms with van der Waals surface area (Å²) in [6.07, 6.45) is 4.20. The van der Waals surface area contributed by atoms with Crippen LogP contribution >= 0.6 is 0 Å². The smallest absolute Gasteiger partial charge is 0.417 e. The molecule has 0 unspecified atom stereocenters. The van der Waals surface area contributed by atoms with Gasteiger partial charge in [0.05, 0.1) is 5.52 Å². The first kappa shape index (κ1) is 25.4. The van der Waals surface area contributed by atoms with Crippen molar-refractivity contribution in [2.24, 2.45) is 5.92 Å². The Bertz CT molecular complexity index is 1100. The van der Waals surface area contributed by atoms with Crippen LogP contribution in [0.15, 0.2) is 21.3 Å². The summed E-state index contributed by atoms with van der Waals surface area (Å²) in [5.74, 6) is -0.589. The average Bonchev–Trinajstić information content (AvgIpc) is 3.45. The summed E-state index contributed by atoms with van der Waals surface area (Å²) in [4.78, 5) is 46.3. The molecule has 2 saturated heterocycles. The molecular weight excluding hydrogens is 448 g/mol. The highest BCUT2D eigenvalue weighted by molar-refractivity contribution is 5.80. The quantitative estimate of drug-likeness (QED) is 0.571. The van der Waals surface area contributed by atoms with Gasteiger partial charge in [-0.25, -0.2) is 4.79 Å². The summed E-state index contributed by atoms with van der Waals surface area (Å²) in [7, 11) is 3.93. The first-order chi connectivity index (χ1) is 16.7. The molecule has 192 valence electrons. The zero-order valence-electron chi connectivity index (χ0n) is 21.3. The van der Waals surface area contributed by atoms with Crippen LogP contribution in [0.25, 0.3) is 11.1 Å². The van der Waals surface area contributed by atoms with Crippen molar-refractivity contribution in [1.29, 1.82) is 0 Å². The van der Waals surface area contributed by atoms with Crippen LogP contribution in [-0.4, -0.2) is 90.5 Å². The molecule has 3 heterocycles. The number of hydrogen-bond acceptors (Lipinski definition) is 7. The Hall–Kier alpha value is -2.65. The van der Waals surface area contributed by atoms with Gasteiger partial charge in [-0.05, 0) is 76.9 Å². The van der Waals surface area contributed by atoms with Gasteiger partial charge in [-0.2, -0.15) is 0 Å². The predicted octanol–water partition coefficient (Wildman–Crippen LogP) is 2.17. The van der Waals surface area contributed by atoms with Crippen molar-refractivity contribution < 1.29 is 18.7 Å². The van der Waals surface area contributed by atoms with Gasteiger partial charge in [-0.3, -0.25) is 19.5 Å². The number of nitrogens with one attached hydrogen (secondary N) is 1. The Morgan fingerprint density at radius 3 is 2.66 bits per heavy atom. The van der Waals surface area contributed by atoms with Crippen molar-refractivity contribution in [2.45, 2.75) is 58.0 Å². The molecule has 2 aliphatic heterocycles. The lowest BCUT2D eigenvalue weighted by Gasteiger charge is -2.39. The van der Waals surface area contributed by atoms with Crippen LogP contribution in [0.2, 0.25) is 0 Å². The van der Waals surface area contributed by atoms with Crippen molar-refractivity contribution in [2.75, 3.05) is 46.9 Å². The largest absolute Gasteiger partial charge is 0.463 e. The Kier molecular flexibility index (Phi) is 7.96. The third-order valence-corrected chi connectivity index (χ3v) is 7.35. The Morgan fingerprint density at radius 2 is 1.94 bits per heavy atom. The predicted molar refractivity (Wildman–Crippen MR) is 133 cm³/mol. The van der Waals surface area contributed by atoms with Crippen LogP contribution in [0.1, 0.15) is 43.7 Å². The Balaban J connectivity index is 1.29. The normalized spacial score (nSPS) is 20.6. The van der Waals surface area contributed by atoms with E-state index in [2.05, 4.69) is 9.88 Å². The molecule has 0 bridgehead atoms. The number of amides is 1. The van der Waals surface area contributed by atoms with Gasteiger partial charge in [0, 0.05) is 31.6 Å². The SMILES string of the molecule is Cc1cc(C[C@@H](C)C(=O)N2CCC(N3CCC[C@H]3C(=O)OCCN(C)C)CC2)cc2oc(=O)[nH]c12. The van der Waals surface area contributed by atoms with Gasteiger partial charge in [0.2, 0.25) is 5.91 Å². The number of rotatable bonds is 8. The van der Waals surface area contributed by atoms with Crippen molar-refractivity contribution in [3.8, 4) is 0 Å². The zero-order valence-corrected chi connectivity index (χ0v) is 21.3. The van der Waals surface area contributed by atoms with Gasteiger partial charge >= 0.3 is 11.7 Å². The van der Waals surface area contributed by atoms with Crippen LogP contribution in [0.3, 0.4) is 0 Å². The molecule has 2 aliphatic rings. The van der Waals surface area contributed by atoms with E-state index in [4.69, 9.17) is 9.15 Å². The van der Waals surface area contributed by atoms with E-state index < -0.39 is 5.76 Å². The van der Waals surface area contributed by atoms with Gasteiger partial charge in [-0.15, -0.1) is 0 Å². The number of hydrogen-bond donors (Lipinski definition) is 1. The van der Waals surface area contributed by atoms with Crippen molar-refractivity contribution >= 4 is 23.0 Å².